The molecule has 1 aliphatic rings. The molecule has 3 rings (SSSR count). The van der Waals surface area contributed by atoms with Crippen molar-refractivity contribution in [2.75, 3.05) is 25.1 Å². The fourth-order valence-corrected chi connectivity index (χ4v) is 4.19. The van der Waals surface area contributed by atoms with Crippen molar-refractivity contribution in [2.45, 2.75) is 66.1 Å². The highest BCUT2D eigenvalue weighted by atomic mass is 16.5. The molecule has 6 heteroatoms. The summed E-state index contributed by atoms with van der Waals surface area (Å²) in [5.74, 6) is -0.262. The number of carbonyl (C=O) groups is 1. The molecule has 1 N–H and O–H groups in total. The number of ether oxygens (including phenoxy) is 2. The number of carboxylic acids is 1. The summed E-state index contributed by atoms with van der Waals surface area (Å²) in [7, 11) is 1.64. The molecule has 0 aliphatic carbocycles. The fourth-order valence-electron chi connectivity index (χ4n) is 4.19. The molecule has 1 aromatic heterocycles. The van der Waals surface area contributed by atoms with Crippen molar-refractivity contribution in [3.05, 3.63) is 41.7 Å². The first-order valence-electron chi connectivity index (χ1n) is 11.2. The third kappa shape index (κ3) is 5.41. The minimum atomic E-state index is -1.11. The second kappa shape index (κ2) is 9.10. The van der Waals surface area contributed by atoms with Crippen LogP contribution in [0.15, 0.2) is 30.5 Å². The molecule has 1 aliphatic heterocycles. The van der Waals surface area contributed by atoms with Gasteiger partial charge in [-0.2, -0.15) is 0 Å². The van der Waals surface area contributed by atoms with Gasteiger partial charge >= 0.3 is 5.97 Å². The number of anilines is 1. The van der Waals surface area contributed by atoms with Crippen molar-refractivity contribution in [3.8, 4) is 16.9 Å². The monoisotopic (exact) mass is 440 g/mol. The zero-order chi connectivity index (χ0) is 23.7. The van der Waals surface area contributed by atoms with Crippen LogP contribution in [-0.2, 0) is 9.53 Å². The lowest BCUT2D eigenvalue weighted by Crippen LogP contribution is -2.39. The number of piperidine rings is 1. The van der Waals surface area contributed by atoms with Crippen LogP contribution < -0.4 is 9.64 Å². The number of benzene rings is 1. The van der Waals surface area contributed by atoms with Gasteiger partial charge in [0.1, 0.15) is 5.75 Å². The zero-order valence-corrected chi connectivity index (χ0v) is 20.4. The second-order valence-electron chi connectivity index (χ2n) is 10.4. The maximum absolute atomic E-state index is 12.4. The molecule has 32 heavy (non-hydrogen) atoms. The number of nitrogens with zero attached hydrogens (tertiary/aromatic N) is 2. The van der Waals surface area contributed by atoms with Crippen molar-refractivity contribution in [1.29, 1.82) is 0 Å². The number of rotatable bonds is 6. The normalized spacial score (nSPS) is 17.2. The summed E-state index contributed by atoms with van der Waals surface area (Å²) in [6.07, 6.45) is 2.79. The van der Waals surface area contributed by atoms with E-state index >= 15 is 0 Å². The van der Waals surface area contributed by atoms with E-state index in [0.29, 0.717) is 11.3 Å². The van der Waals surface area contributed by atoms with E-state index in [9.17, 15) is 9.90 Å². The number of hydrogen-bond donors (Lipinski definition) is 1. The van der Waals surface area contributed by atoms with E-state index < -0.39 is 17.7 Å². The van der Waals surface area contributed by atoms with Gasteiger partial charge in [-0.15, -0.1) is 0 Å². The molecule has 1 unspecified atom stereocenters. The van der Waals surface area contributed by atoms with Gasteiger partial charge in [-0.3, -0.25) is 4.98 Å². The summed E-state index contributed by atoms with van der Waals surface area (Å²) < 4.78 is 11.5. The van der Waals surface area contributed by atoms with Crippen molar-refractivity contribution in [2.24, 2.45) is 5.41 Å². The molecule has 1 aromatic carbocycles. The van der Waals surface area contributed by atoms with E-state index in [2.05, 4.69) is 23.7 Å². The highest BCUT2D eigenvalue weighted by molar-refractivity contribution is 5.86. The van der Waals surface area contributed by atoms with E-state index in [4.69, 9.17) is 9.47 Å². The van der Waals surface area contributed by atoms with E-state index in [1.54, 1.807) is 7.11 Å². The number of aryl methyl sites for hydroxylation is 1. The van der Waals surface area contributed by atoms with Gasteiger partial charge in [0.25, 0.3) is 0 Å². The molecular weight excluding hydrogens is 404 g/mol. The summed E-state index contributed by atoms with van der Waals surface area (Å²) in [5.41, 5.74) is 3.69. The van der Waals surface area contributed by atoms with Gasteiger partial charge in [0.05, 0.1) is 18.4 Å². The maximum atomic E-state index is 12.4. The highest BCUT2D eigenvalue weighted by Crippen LogP contribution is 2.43. The summed E-state index contributed by atoms with van der Waals surface area (Å²) >= 11 is 0. The van der Waals surface area contributed by atoms with Crippen LogP contribution in [0.3, 0.4) is 0 Å². The van der Waals surface area contributed by atoms with Gasteiger partial charge in [-0.1, -0.05) is 26.0 Å². The van der Waals surface area contributed by atoms with E-state index in [-0.39, 0.29) is 5.41 Å². The van der Waals surface area contributed by atoms with Crippen molar-refractivity contribution >= 4 is 11.7 Å². The molecule has 1 atom stereocenters. The molecule has 0 bridgehead atoms. The van der Waals surface area contributed by atoms with Gasteiger partial charge in [0, 0.05) is 36.1 Å². The third-order valence-corrected chi connectivity index (χ3v) is 6.06. The second-order valence-corrected chi connectivity index (χ2v) is 10.4. The Hall–Kier alpha value is -2.60. The van der Waals surface area contributed by atoms with Gasteiger partial charge in [0.15, 0.2) is 6.10 Å². The molecule has 6 nitrogen and oxygen atoms in total. The van der Waals surface area contributed by atoms with Crippen molar-refractivity contribution < 1.29 is 19.4 Å². The topological polar surface area (TPSA) is 71.9 Å². The van der Waals surface area contributed by atoms with Crippen molar-refractivity contribution in [3.63, 3.8) is 0 Å². The Bertz CT molecular complexity index is 968. The number of aliphatic carboxylic acids is 1. The molecule has 0 saturated carbocycles. The number of pyridine rings is 1. The minimum absolute atomic E-state index is 0.267. The first-order valence-corrected chi connectivity index (χ1v) is 11.2. The lowest BCUT2D eigenvalue weighted by molar-refractivity contribution is -0.160. The quantitative estimate of drug-likeness (QED) is 0.627. The Morgan fingerprint density at radius 2 is 1.88 bits per heavy atom. The Morgan fingerprint density at radius 3 is 2.44 bits per heavy atom. The molecule has 1 fully saturated rings. The number of hydrogen-bond acceptors (Lipinski definition) is 5. The number of carboxylic acid groups (broad SMARTS) is 1. The number of aromatic nitrogens is 1. The average Bonchev–Trinajstić information content (AvgIpc) is 2.71. The first kappa shape index (κ1) is 24.1. The van der Waals surface area contributed by atoms with Crippen LogP contribution in [0.1, 0.15) is 64.8 Å². The third-order valence-electron chi connectivity index (χ3n) is 6.06. The summed E-state index contributed by atoms with van der Waals surface area (Å²) in [6, 6.07) is 7.82. The molecule has 1 saturated heterocycles. The average molecular weight is 441 g/mol. The molecule has 0 spiro atoms. The van der Waals surface area contributed by atoms with Gasteiger partial charge < -0.3 is 19.5 Å². The molecule has 2 heterocycles. The lowest BCUT2D eigenvalue weighted by atomic mass is 9.82. The number of methoxy groups -OCH3 is 1. The zero-order valence-electron chi connectivity index (χ0n) is 20.4. The molecular formula is C26H36N2O4. The van der Waals surface area contributed by atoms with Gasteiger partial charge in [-0.25, -0.2) is 4.79 Å². The smallest absolute Gasteiger partial charge is 0.337 e. The molecule has 0 amide bonds. The van der Waals surface area contributed by atoms with Crippen molar-refractivity contribution in [1.82, 2.24) is 4.98 Å². The van der Waals surface area contributed by atoms with Crippen LogP contribution in [0, 0.1) is 12.3 Å². The highest BCUT2D eigenvalue weighted by Gasteiger charge is 2.35. The van der Waals surface area contributed by atoms with Crippen LogP contribution >= 0.6 is 0 Å². The maximum Gasteiger partial charge on any atom is 0.337 e. The van der Waals surface area contributed by atoms with Gasteiger partial charge in [-0.05, 0) is 63.6 Å². The SMILES string of the molecule is COc1cccc(-c2cnc(C)c(C(OC(C)(C)C)C(=O)O)c2N2CCC(C)(C)CC2)c1. The lowest BCUT2D eigenvalue weighted by Gasteiger charge is -2.41. The van der Waals surface area contributed by atoms with Crippen LogP contribution in [-0.4, -0.2) is 41.9 Å². The van der Waals surface area contributed by atoms with Gasteiger partial charge in [0.2, 0.25) is 0 Å². The van der Waals surface area contributed by atoms with Crippen LogP contribution in [0.5, 0.6) is 5.75 Å². The van der Waals surface area contributed by atoms with E-state index in [0.717, 1.165) is 48.5 Å². The summed E-state index contributed by atoms with van der Waals surface area (Å²) in [5, 5.41) is 10.2. The first-order chi connectivity index (χ1) is 14.9. The standard InChI is InChI=1S/C26H36N2O4/c1-17-21(23(24(29)30)32-25(2,3)4)22(28-13-11-26(5,6)12-14-28)20(16-27-17)18-9-8-10-19(15-18)31-7/h8-10,15-16,23H,11-14H2,1-7H3,(H,29,30). The predicted octanol–water partition coefficient (Wildman–Crippen LogP) is 5.63. The van der Waals surface area contributed by atoms with Crippen LogP contribution in [0.4, 0.5) is 5.69 Å². The Morgan fingerprint density at radius 1 is 1.22 bits per heavy atom. The molecule has 0 radical (unpaired) electrons. The van der Waals surface area contributed by atoms with Crippen LogP contribution in [0.2, 0.25) is 0 Å². The van der Waals surface area contributed by atoms with E-state index in [1.807, 2.05) is 58.2 Å². The Labute approximate surface area is 191 Å². The predicted molar refractivity (Wildman–Crippen MR) is 127 cm³/mol. The molecule has 2 aromatic rings. The van der Waals surface area contributed by atoms with E-state index in [1.165, 1.54) is 0 Å². The molecule has 174 valence electrons. The summed E-state index contributed by atoms with van der Waals surface area (Å²) in [4.78, 5) is 19.4. The Kier molecular flexibility index (Phi) is 6.84. The van der Waals surface area contributed by atoms with Crippen LogP contribution in [0.25, 0.3) is 11.1 Å². The minimum Gasteiger partial charge on any atom is -0.497 e. The fraction of sp³-hybridized carbons (Fsp3) is 0.538. The largest absolute Gasteiger partial charge is 0.497 e. The summed E-state index contributed by atoms with van der Waals surface area (Å²) in [6.45, 7) is 13.8. The Balaban J connectivity index is 2.24.